The number of thioether (sulfide) groups is 1. The number of nitrogens with zero attached hydrogens (tertiary/aromatic N) is 1. The van der Waals surface area contributed by atoms with Crippen molar-refractivity contribution < 1.29 is 9.84 Å². The molecule has 0 aliphatic carbocycles. The van der Waals surface area contributed by atoms with Gasteiger partial charge in [-0.25, -0.2) is 0 Å². The highest BCUT2D eigenvalue weighted by molar-refractivity contribution is 7.99. The Hall–Kier alpha value is -0.750. The van der Waals surface area contributed by atoms with E-state index in [9.17, 15) is 5.11 Å². The maximum absolute atomic E-state index is 9.43. The predicted molar refractivity (Wildman–Crippen MR) is 99.4 cm³/mol. The molecule has 0 unspecified atom stereocenters. The van der Waals surface area contributed by atoms with E-state index < -0.39 is 0 Å². The van der Waals surface area contributed by atoms with Gasteiger partial charge in [0.05, 0.1) is 18.8 Å². The van der Waals surface area contributed by atoms with Crippen LogP contribution in [0.4, 0.5) is 5.69 Å². The number of aliphatic hydroxyl groups is 1. The Kier molecular flexibility index (Phi) is 7.21. The van der Waals surface area contributed by atoms with E-state index in [4.69, 9.17) is 4.74 Å². The first-order chi connectivity index (χ1) is 11.0. The first kappa shape index (κ1) is 18.6. The summed E-state index contributed by atoms with van der Waals surface area (Å²) in [4.78, 5) is 2.43. The molecule has 1 aromatic rings. The van der Waals surface area contributed by atoms with Gasteiger partial charge in [0.15, 0.2) is 0 Å². The molecule has 1 heterocycles. The van der Waals surface area contributed by atoms with Gasteiger partial charge in [0, 0.05) is 36.6 Å². The van der Waals surface area contributed by atoms with E-state index in [1.807, 2.05) is 6.26 Å². The number of morpholine rings is 1. The van der Waals surface area contributed by atoms with E-state index in [1.54, 1.807) is 11.8 Å². The van der Waals surface area contributed by atoms with Gasteiger partial charge in [-0.2, -0.15) is 11.8 Å². The van der Waals surface area contributed by atoms with Crippen molar-refractivity contribution in [2.75, 3.05) is 30.9 Å². The van der Waals surface area contributed by atoms with Crippen LogP contribution < -0.4 is 10.2 Å². The van der Waals surface area contributed by atoms with Gasteiger partial charge in [-0.05, 0) is 38.7 Å². The SMILES string of the molecule is CS[C@H](CO)[C@@H](C)NCc1ccccc1N1C[C@@H](C)O[C@@H](C)C1. The quantitative estimate of drug-likeness (QED) is 0.800. The number of nitrogens with one attached hydrogen (secondary N) is 1. The molecule has 4 atom stereocenters. The molecule has 1 aliphatic rings. The molecule has 130 valence electrons. The molecule has 4 nitrogen and oxygen atoms in total. The molecule has 5 heteroatoms. The van der Waals surface area contributed by atoms with Crippen LogP contribution in [0.2, 0.25) is 0 Å². The number of aliphatic hydroxyl groups excluding tert-OH is 1. The molecule has 0 spiro atoms. The molecule has 0 radical (unpaired) electrons. The molecule has 23 heavy (non-hydrogen) atoms. The van der Waals surface area contributed by atoms with Gasteiger partial charge in [0.1, 0.15) is 0 Å². The molecule has 0 aromatic heterocycles. The number of rotatable bonds is 7. The van der Waals surface area contributed by atoms with E-state index in [0.717, 1.165) is 19.6 Å². The largest absolute Gasteiger partial charge is 0.395 e. The van der Waals surface area contributed by atoms with Crippen molar-refractivity contribution in [3.8, 4) is 0 Å². The lowest BCUT2D eigenvalue weighted by Crippen LogP contribution is -2.46. The average Bonchev–Trinajstić information content (AvgIpc) is 2.53. The normalized spacial score (nSPS) is 24.5. The molecule has 1 aliphatic heterocycles. The fraction of sp³-hybridized carbons (Fsp3) is 0.667. The topological polar surface area (TPSA) is 44.7 Å². The lowest BCUT2D eigenvalue weighted by Gasteiger charge is -2.38. The Morgan fingerprint density at radius 2 is 1.96 bits per heavy atom. The lowest BCUT2D eigenvalue weighted by molar-refractivity contribution is -0.00526. The molecule has 2 rings (SSSR count). The molecule has 2 N–H and O–H groups in total. The number of benzene rings is 1. The third kappa shape index (κ3) is 5.11. The minimum Gasteiger partial charge on any atom is -0.395 e. The number of hydrogen-bond acceptors (Lipinski definition) is 5. The van der Waals surface area contributed by atoms with Crippen LogP contribution >= 0.6 is 11.8 Å². The van der Waals surface area contributed by atoms with Crippen molar-refractivity contribution in [1.82, 2.24) is 5.32 Å². The standard InChI is InChI=1S/C18H30N2O2S/c1-13-10-20(11-14(2)22-13)17-8-6-5-7-16(17)9-19-15(3)18(12-21)23-4/h5-8,13-15,18-19,21H,9-12H2,1-4H3/t13-,14+,15-,18-/m1/s1. The van der Waals surface area contributed by atoms with Crippen LogP contribution in [0, 0.1) is 0 Å². The van der Waals surface area contributed by atoms with E-state index in [-0.39, 0.29) is 30.1 Å². The smallest absolute Gasteiger partial charge is 0.0726 e. The average molecular weight is 339 g/mol. The summed E-state index contributed by atoms with van der Waals surface area (Å²) in [6, 6.07) is 8.85. The fourth-order valence-electron chi connectivity index (χ4n) is 3.18. The Labute approximate surface area is 144 Å². The van der Waals surface area contributed by atoms with Crippen molar-refractivity contribution in [1.29, 1.82) is 0 Å². The maximum atomic E-state index is 9.43. The Morgan fingerprint density at radius 1 is 1.30 bits per heavy atom. The van der Waals surface area contributed by atoms with Gasteiger partial charge >= 0.3 is 0 Å². The van der Waals surface area contributed by atoms with Crippen molar-refractivity contribution in [3.05, 3.63) is 29.8 Å². The van der Waals surface area contributed by atoms with E-state index in [0.29, 0.717) is 0 Å². The highest BCUT2D eigenvalue weighted by Gasteiger charge is 2.24. The maximum Gasteiger partial charge on any atom is 0.0726 e. The molecule has 0 bridgehead atoms. The summed E-state index contributed by atoms with van der Waals surface area (Å²) in [5.74, 6) is 0. The van der Waals surface area contributed by atoms with Gasteiger partial charge in [-0.3, -0.25) is 0 Å². The van der Waals surface area contributed by atoms with Crippen molar-refractivity contribution in [2.24, 2.45) is 0 Å². The van der Waals surface area contributed by atoms with Gasteiger partial charge in [-0.15, -0.1) is 0 Å². The third-order valence-corrected chi connectivity index (χ3v) is 5.57. The van der Waals surface area contributed by atoms with Gasteiger partial charge in [0.2, 0.25) is 0 Å². The zero-order valence-corrected chi connectivity index (χ0v) is 15.5. The van der Waals surface area contributed by atoms with Crippen LogP contribution in [-0.4, -0.2) is 54.6 Å². The molecular weight excluding hydrogens is 308 g/mol. The van der Waals surface area contributed by atoms with Crippen LogP contribution in [0.1, 0.15) is 26.3 Å². The van der Waals surface area contributed by atoms with Crippen molar-refractivity contribution in [2.45, 2.75) is 50.8 Å². The van der Waals surface area contributed by atoms with Gasteiger partial charge < -0.3 is 20.1 Å². The van der Waals surface area contributed by atoms with Crippen molar-refractivity contribution in [3.63, 3.8) is 0 Å². The molecule has 1 fully saturated rings. The van der Waals surface area contributed by atoms with E-state index in [1.165, 1.54) is 11.3 Å². The highest BCUT2D eigenvalue weighted by Crippen LogP contribution is 2.24. The number of hydrogen-bond donors (Lipinski definition) is 2. The summed E-state index contributed by atoms with van der Waals surface area (Å²) in [6.45, 7) is 9.29. The predicted octanol–water partition coefficient (Wildman–Crippen LogP) is 2.50. The van der Waals surface area contributed by atoms with Crippen LogP contribution in [0.15, 0.2) is 24.3 Å². The molecule has 0 amide bonds. The summed E-state index contributed by atoms with van der Waals surface area (Å²) in [5, 5.41) is 13.2. The van der Waals surface area contributed by atoms with Crippen LogP contribution in [0.25, 0.3) is 0 Å². The van der Waals surface area contributed by atoms with E-state index in [2.05, 4.69) is 55.3 Å². The second-order valence-corrected chi connectivity index (χ2v) is 7.49. The number of ether oxygens (including phenoxy) is 1. The van der Waals surface area contributed by atoms with Crippen LogP contribution in [-0.2, 0) is 11.3 Å². The zero-order chi connectivity index (χ0) is 16.8. The first-order valence-corrected chi connectivity index (χ1v) is 9.69. The Balaban J connectivity index is 2.05. The van der Waals surface area contributed by atoms with Crippen LogP contribution in [0.5, 0.6) is 0 Å². The zero-order valence-electron chi connectivity index (χ0n) is 14.7. The second kappa shape index (κ2) is 8.92. The highest BCUT2D eigenvalue weighted by atomic mass is 32.2. The molecular formula is C18H30N2O2S. The first-order valence-electron chi connectivity index (χ1n) is 8.40. The summed E-state index contributed by atoms with van der Waals surface area (Å²) >= 11 is 1.71. The number of anilines is 1. The molecule has 1 saturated heterocycles. The Bertz CT molecular complexity index is 472. The second-order valence-electron chi connectivity index (χ2n) is 6.42. The third-order valence-electron chi connectivity index (χ3n) is 4.41. The fourth-order valence-corrected chi connectivity index (χ4v) is 3.84. The summed E-state index contributed by atoms with van der Waals surface area (Å²) in [6.07, 6.45) is 2.56. The minimum atomic E-state index is 0.204. The minimum absolute atomic E-state index is 0.204. The monoisotopic (exact) mass is 338 g/mol. The molecule has 1 aromatic carbocycles. The summed E-state index contributed by atoms with van der Waals surface area (Å²) in [5.41, 5.74) is 2.59. The van der Waals surface area contributed by atoms with Crippen molar-refractivity contribution >= 4 is 17.4 Å². The summed E-state index contributed by atoms with van der Waals surface area (Å²) in [7, 11) is 0. The molecule has 0 saturated carbocycles. The van der Waals surface area contributed by atoms with Gasteiger partial charge in [0.25, 0.3) is 0 Å². The summed E-state index contributed by atoms with van der Waals surface area (Å²) < 4.78 is 5.85. The Morgan fingerprint density at radius 3 is 2.57 bits per heavy atom. The number of para-hydroxylation sites is 1. The van der Waals surface area contributed by atoms with Gasteiger partial charge in [-0.1, -0.05) is 18.2 Å². The lowest BCUT2D eigenvalue weighted by atomic mass is 10.1. The van der Waals surface area contributed by atoms with Crippen LogP contribution in [0.3, 0.4) is 0 Å². The van der Waals surface area contributed by atoms with E-state index >= 15 is 0 Å².